The van der Waals surface area contributed by atoms with Gasteiger partial charge < -0.3 is 0 Å². The SMILES string of the molecule is C[N+](C)(C)C(OCc1ccccc1)[N+](C)(C)C. The first-order chi connectivity index (χ1) is 7.71. The fourth-order valence-electron chi connectivity index (χ4n) is 2.23. The van der Waals surface area contributed by atoms with Crippen LogP contribution in [0.5, 0.6) is 0 Å². The van der Waals surface area contributed by atoms with Crippen LogP contribution in [0.3, 0.4) is 0 Å². The van der Waals surface area contributed by atoms with Gasteiger partial charge in [0.1, 0.15) is 0 Å². The van der Waals surface area contributed by atoms with Crippen molar-refractivity contribution in [1.82, 2.24) is 0 Å². The number of quaternary nitrogens is 2. The van der Waals surface area contributed by atoms with Crippen molar-refractivity contribution < 1.29 is 13.7 Å². The van der Waals surface area contributed by atoms with Crippen molar-refractivity contribution in [3.8, 4) is 0 Å². The standard InChI is InChI=1S/C14H26N2O/c1-15(2,3)14(16(4,5)6)17-12-13-10-8-7-9-11-13/h7-11,14H,12H2,1-6H3/q+2. The van der Waals surface area contributed by atoms with Crippen molar-refractivity contribution in [2.24, 2.45) is 0 Å². The van der Waals surface area contributed by atoms with Crippen LogP contribution in [-0.2, 0) is 11.3 Å². The molecule has 1 aromatic carbocycles. The molecular weight excluding hydrogens is 212 g/mol. The molecule has 17 heavy (non-hydrogen) atoms. The van der Waals surface area contributed by atoms with E-state index in [-0.39, 0.29) is 6.35 Å². The lowest BCUT2D eigenvalue weighted by Gasteiger charge is -2.41. The molecule has 0 N–H and O–H groups in total. The molecule has 0 unspecified atom stereocenters. The average Bonchev–Trinajstić information content (AvgIpc) is 2.15. The Kier molecular flexibility index (Phi) is 4.31. The maximum absolute atomic E-state index is 6.10. The first-order valence-electron chi connectivity index (χ1n) is 5.99. The van der Waals surface area contributed by atoms with Gasteiger partial charge in [-0.25, -0.2) is 0 Å². The minimum atomic E-state index is 0.121. The molecular formula is C14H26N2O+2. The summed E-state index contributed by atoms with van der Waals surface area (Å²) < 4.78 is 7.68. The second kappa shape index (κ2) is 5.17. The maximum atomic E-state index is 6.10. The molecule has 3 nitrogen and oxygen atoms in total. The molecule has 0 aliphatic heterocycles. The van der Waals surface area contributed by atoms with E-state index in [0.717, 1.165) is 8.97 Å². The number of nitrogens with zero attached hydrogens (tertiary/aromatic N) is 2. The summed E-state index contributed by atoms with van der Waals surface area (Å²) >= 11 is 0. The van der Waals surface area contributed by atoms with E-state index < -0.39 is 0 Å². The van der Waals surface area contributed by atoms with Gasteiger partial charge in [-0.3, -0.25) is 13.7 Å². The van der Waals surface area contributed by atoms with Crippen molar-refractivity contribution in [3.63, 3.8) is 0 Å². The van der Waals surface area contributed by atoms with Crippen molar-refractivity contribution in [2.75, 3.05) is 42.3 Å². The van der Waals surface area contributed by atoms with Crippen LogP contribution in [0.1, 0.15) is 5.56 Å². The van der Waals surface area contributed by atoms with E-state index in [9.17, 15) is 0 Å². The van der Waals surface area contributed by atoms with E-state index in [4.69, 9.17) is 4.74 Å². The highest BCUT2D eigenvalue weighted by molar-refractivity contribution is 5.13. The quantitative estimate of drug-likeness (QED) is 0.562. The molecule has 0 saturated carbocycles. The van der Waals surface area contributed by atoms with Gasteiger partial charge in [-0.05, 0) is 5.56 Å². The summed E-state index contributed by atoms with van der Waals surface area (Å²) in [6.07, 6.45) is 0.121. The lowest BCUT2D eigenvalue weighted by Crippen LogP contribution is -2.62. The summed E-state index contributed by atoms with van der Waals surface area (Å²) in [6.45, 7) is 0.663. The Bertz CT molecular complexity index is 321. The van der Waals surface area contributed by atoms with Crippen LogP contribution in [0.4, 0.5) is 0 Å². The predicted octanol–water partition coefficient (Wildman–Crippen LogP) is 1.90. The second-order valence-electron chi connectivity index (χ2n) is 6.36. The molecule has 0 radical (unpaired) electrons. The van der Waals surface area contributed by atoms with Gasteiger partial charge in [0.2, 0.25) is 0 Å². The Labute approximate surface area is 105 Å². The highest BCUT2D eigenvalue weighted by Gasteiger charge is 2.37. The summed E-state index contributed by atoms with van der Waals surface area (Å²) in [4.78, 5) is 0. The molecule has 0 heterocycles. The monoisotopic (exact) mass is 238 g/mol. The van der Waals surface area contributed by atoms with E-state index in [1.807, 2.05) is 18.2 Å². The fourth-order valence-corrected chi connectivity index (χ4v) is 2.23. The predicted molar refractivity (Wildman–Crippen MR) is 71.1 cm³/mol. The lowest BCUT2D eigenvalue weighted by molar-refractivity contribution is -1.12. The normalized spacial score (nSPS) is 13.1. The number of rotatable bonds is 5. The largest absolute Gasteiger partial charge is 0.331 e. The molecule has 96 valence electrons. The number of benzene rings is 1. The minimum Gasteiger partial charge on any atom is -0.276 e. The average molecular weight is 238 g/mol. The molecule has 0 amide bonds. The molecule has 0 aliphatic rings. The van der Waals surface area contributed by atoms with Crippen molar-refractivity contribution >= 4 is 0 Å². The summed E-state index contributed by atoms with van der Waals surface area (Å²) in [6, 6.07) is 10.3. The molecule has 0 atom stereocenters. The van der Waals surface area contributed by atoms with Crippen LogP contribution >= 0.6 is 0 Å². The Hall–Kier alpha value is -0.900. The molecule has 0 bridgehead atoms. The van der Waals surface area contributed by atoms with E-state index >= 15 is 0 Å². The molecule has 0 aromatic heterocycles. The van der Waals surface area contributed by atoms with Crippen LogP contribution in [0.2, 0.25) is 0 Å². The smallest absolute Gasteiger partial charge is 0.276 e. The number of hydrogen-bond donors (Lipinski definition) is 0. The van der Waals surface area contributed by atoms with Crippen molar-refractivity contribution in [1.29, 1.82) is 0 Å². The van der Waals surface area contributed by atoms with Gasteiger partial charge in [0.05, 0.1) is 48.9 Å². The minimum absolute atomic E-state index is 0.121. The summed E-state index contributed by atoms with van der Waals surface area (Å²) in [5.74, 6) is 0. The summed E-state index contributed by atoms with van der Waals surface area (Å²) in [5.41, 5.74) is 1.22. The van der Waals surface area contributed by atoms with Gasteiger partial charge in [-0.15, -0.1) is 0 Å². The van der Waals surface area contributed by atoms with Gasteiger partial charge in [-0.1, -0.05) is 30.3 Å². The Morgan fingerprint density at radius 3 is 1.76 bits per heavy atom. The van der Waals surface area contributed by atoms with Crippen LogP contribution in [-0.4, -0.2) is 57.6 Å². The van der Waals surface area contributed by atoms with Crippen LogP contribution < -0.4 is 0 Å². The summed E-state index contributed by atoms with van der Waals surface area (Å²) in [5, 5.41) is 0. The zero-order chi connectivity index (χ0) is 13.1. The van der Waals surface area contributed by atoms with Crippen LogP contribution in [0.25, 0.3) is 0 Å². The van der Waals surface area contributed by atoms with E-state index in [1.54, 1.807) is 0 Å². The van der Waals surface area contributed by atoms with E-state index in [0.29, 0.717) is 6.61 Å². The third-order valence-corrected chi connectivity index (χ3v) is 2.57. The van der Waals surface area contributed by atoms with E-state index in [1.165, 1.54) is 5.56 Å². The zero-order valence-corrected chi connectivity index (χ0v) is 12.0. The third-order valence-electron chi connectivity index (χ3n) is 2.57. The summed E-state index contributed by atoms with van der Waals surface area (Å²) in [7, 11) is 13.0. The lowest BCUT2D eigenvalue weighted by atomic mass is 10.2. The highest BCUT2D eigenvalue weighted by Crippen LogP contribution is 2.15. The Morgan fingerprint density at radius 2 is 1.35 bits per heavy atom. The number of hydrogen-bond acceptors (Lipinski definition) is 1. The van der Waals surface area contributed by atoms with Gasteiger partial charge in [0, 0.05) is 0 Å². The van der Waals surface area contributed by atoms with Crippen LogP contribution in [0, 0.1) is 0 Å². The number of ether oxygens (including phenoxy) is 1. The van der Waals surface area contributed by atoms with Gasteiger partial charge in [-0.2, -0.15) is 0 Å². The fraction of sp³-hybridized carbons (Fsp3) is 0.571. The third kappa shape index (κ3) is 4.46. The van der Waals surface area contributed by atoms with Gasteiger partial charge in [0.25, 0.3) is 0 Å². The highest BCUT2D eigenvalue weighted by atomic mass is 16.5. The molecule has 3 heteroatoms. The van der Waals surface area contributed by atoms with E-state index in [2.05, 4.69) is 54.4 Å². The molecule has 0 spiro atoms. The molecule has 0 aliphatic carbocycles. The second-order valence-corrected chi connectivity index (χ2v) is 6.36. The van der Waals surface area contributed by atoms with Gasteiger partial charge in [0.15, 0.2) is 0 Å². The molecule has 0 saturated heterocycles. The topological polar surface area (TPSA) is 9.23 Å². The zero-order valence-electron chi connectivity index (χ0n) is 12.0. The first kappa shape index (κ1) is 14.2. The van der Waals surface area contributed by atoms with Crippen molar-refractivity contribution in [2.45, 2.75) is 13.0 Å². The maximum Gasteiger partial charge on any atom is 0.331 e. The van der Waals surface area contributed by atoms with Crippen molar-refractivity contribution in [3.05, 3.63) is 35.9 Å². The first-order valence-corrected chi connectivity index (χ1v) is 5.99. The van der Waals surface area contributed by atoms with Gasteiger partial charge >= 0.3 is 6.35 Å². The molecule has 1 rings (SSSR count). The van der Waals surface area contributed by atoms with Crippen LogP contribution in [0.15, 0.2) is 30.3 Å². The molecule has 1 aromatic rings. The Balaban J connectivity index is 2.70. The Morgan fingerprint density at radius 1 is 0.882 bits per heavy atom. The molecule has 0 fully saturated rings.